The fourth-order valence-corrected chi connectivity index (χ4v) is 0.940. The minimum absolute atomic E-state index is 0.381. The molecule has 4 nitrogen and oxygen atoms in total. The molecule has 0 aromatic carbocycles. The normalized spacial score (nSPS) is 9.57. The molecule has 0 fully saturated rings. The van der Waals surface area contributed by atoms with Crippen LogP contribution in [0.2, 0.25) is 0 Å². The van der Waals surface area contributed by atoms with Crippen LogP contribution in [0.3, 0.4) is 0 Å². The van der Waals surface area contributed by atoms with Gasteiger partial charge >= 0.3 is 5.97 Å². The topological polar surface area (TPSA) is 48.4 Å². The van der Waals surface area contributed by atoms with Crippen molar-refractivity contribution >= 4 is 5.97 Å². The average molecular weight is 195 g/mol. The van der Waals surface area contributed by atoms with E-state index in [9.17, 15) is 4.79 Å². The van der Waals surface area contributed by atoms with E-state index in [4.69, 9.17) is 4.74 Å². The minimum atomic E-state index is -0.381. The quantitative estimate of drug-likeness (QED) is 0.685. The molecule has 1 aromatic heterocycles. The van der Waals surface area contributed by atoms with E-state index >= 15 is 0 Å². The monoisotopic (exact) mass is 195 g/mol. The van der Waals surface area contributed by atoms with Crippen LogP contribution < -0.4 is 4.74 Å². The van der Waals surface area contributed by atoms with Gasteiger partial charge in [0.05, 0.1) is 19.3 Å². The van der Waals surface area contributed by atoms with Crippen molar-refractivity contribution in [2.45, 2.75) is 13.3 Å². The van der Waals surface area contributed by atoms with Crippen LogP contribution in [0.25, 0.3) is 0 Å². The van der Waals surface area contributed by atoms with Crippen molar-refractivity contribution in [3.05, 3.63) is 23.9 Å². The van der Waals surface area contributed by atoms with Gasteiger partial charge in [-0.1, -0.05) is 6.92 Å². The van der Waals surface area contributed by atoms with Crippen LogP contribution >= 0.6 is 0 Å². The summed E-state index contributed by atoms with van der Waals surface area (Å²) in [6, 6.07) is 3.16. The van der Waals surface area contributed by atoms with Gasteiger partial charge in [-0.25, -0.2) is 9.78 Å². The Balaban J connectivity index is 2.73. The summed E-state index contributed by atoms with van der Waals surface area (Å²) in [5.41, 5.74) is 0.452. The number of hydrogen-bond acceptors (Lipinski definition) is 4. The second-order valence-electron chi connectivity index (χ2n) is 2.72. The first-order valence-corrected chi connectivity index (χ1v) is 4.45. The Morgan fingerprint density at radius 1 is 1.57 bits per heavy atom. The first kappa shape index (κ1) is 10.5. The van der Waals surface area contributed by atoms with Crippen molar-refractivity contribution in [1.82, 2.24) is 4.98 Å². The molecule has 1 aromatic rings. The van der Waals surface area contributed by atoms with Crippen LogP contribution in [0.5, 0.6) is 5.88 Å². The van der Waals surface area contributed by atoms with Crippen molar-refractivity contribution in [2.24, 2.45) is 0 Å². The molecule has 0 saturated heterocycles. The van der Waals surface area contributed by atoms with E-state index in [1.54, 1.807) is 12.1 Å². The molecular formula is C10H13NO3. The van der Waals surface area contributed by atoms with Crippen LogP contribution in [0, 0.1) is 0 Å². The lowest BCUT2D eigenvalue weighted by atomic mass is 10.3. The predicted octanol–water partition coefficient (Wildman–Crippen LogP) is 1.66. The summed E-state index contributed by atoms with van der Waals surface area (Å²) in [5.74, 6) is 0.0727. The molecule has 0 saturated carbocycles. The number of nitrogens with zero attached hydrogens (tertiary/aromatic N) is 1. The Bertz CT molecular complexity index is 312. The third-order valence-corrected chi connectivity index (χ3v) is 1.61. The lowest BCUT2D eigenvalue weighted by Crippen LogP contribution is -2.03. The molecule has 0 bridgehead atoms. The maximum absolute atomic E-state index is 11.1. The third-order valence-electron chi connectivity index (χ3n) is 1.61. The van der Waals surface area contributed by atoms with Crippen LogP contribution in [0.1, 0.15) is 23.7 Å². The number of ether oxygens (including phenoxy) is 2. The lowest BCUT2D eigenvalue weighted by Gasteiger charge is -2.04. The highest BCUT2D eigenvalue weighted by Crippen LogP contribution is 2.10. The molecule has 0 aliphatic heterocycles. The molecular weight excluding hydrogens is 182 g/mol. The van der Waals surface area contributed by atoms with Gasteiger partial charge in [-0.05, 0) is 12.5 Å². The molecule has 1 heterocycles. The lowest BCUT2D eigenvalue weighted by molar-refractivity contribution is 0.0600. The van der Waals surface area contributed by atoms with Gasteiger partial charge in [-0.2, -0.15) is 0 Å². The first-order valence-electron chi connectivity index (χ1n) is 4.45. The van der Waals surface area contributed by atoms with E-state index in [0.717, 1.165) is 6.42 Å². The van der Waals surface area contributed by atoms with Gasteiger partial charge in [-0.3, -0.25) is 0 Å². The largest absolute Gasteiger partial charge is 0.478 e. The van der Waals surface area contributed by atoms with Crippen LogP contribution in [0.4, 0.5) is 0 Å². The van der Waals surface area contributed by atoms with E-state index < -0.39 is 0 Å². The number of methoxy groups -OCH3 is 1. The van der Waals surface area contributed by atoms with Crippen molar-refractivity contribution in [1.29, 1.82) is 0 Å². The van der Waals surface area contributed by atoms with Gasteiger partial charge in [0.2, 0.25) is 5.88 Å². The zero-order valence-electron chi connectivity index (χ0n) is 8.32. The van der Waals surface area contributed by atoms with Crippen molar-refractivity contribution in [3.63, 3.8) is 0 Å². The summed E-state index contributed by atoms with van der Waals surface area (Å²) in [7, 11) is 1.34. The number of carbonyl (C=O) groups is 1. The summed E-state index contributed by atoms with van der Waals surface area (Å²) in [6.45, 7) is 2.60. The van der Waals surface area contributed by atoms with Crippen molar-refractivity contribution in [2.75, 3.05) is 13.7 Å². The molecule has 1 rings (SSSR count). The van der Waals surface area contributed by atoms with Crippen molar-refractivity contribution in [3.8, 4) is 5.88 Å². The molecule has 4 heteroatoms. The molecule has 0 N–H and O–H groups in total. The van der Waals surface area contributed by atoms with E-state index in [0.29, 0.717) is 18.1 Å². The van der Waals surface area contributed by atoms with Crippen LogP contribution in [-0.4, -0.2) is 24.7 Å². The summed E-state index contributed by atoms with van der Waals surface area (Å²) in [6.07, 6.45) is 2.43. The average Bonchev–Trinajstić information content (AvgIpc) is 2.25. The second-order valence-corrected chi connectivity index (χ2v) is 2.72. The highest BCUT2D eigenvalue weighted by Gasteiger charge is 2.06. The summed E-state index contributed by atoms with van der Waals surface area (Å²) < 4.78 is 9.85. The second kappa shape index (κ2) is 5.21. The van der Waals surface area contributed by atoms with E-state index in [1.165, 1.54) is 13.3 Å². The molecule has 14 heavy (non-hydrogen) atoms. The molecule has 76 valence electrons. The van der Waals surface area contributed by atoms with Gasteiger partial charge in [-0.15, -0.1) is 0 Å². The fraction of sp³-hybridized carbons (Fsp3) is 0.400. The molecule has 0 unspecified atom stereocenters. The highest BCUT2D eigenvalue weighted by atomic mass is 16.5. The number of carbonyl (C=O) groups excluding carboxylic acids is 1. The van der Waals surface area contributed by atoms with Gasteiger partial charge in [0.15, 0.2) is 0 Å². The fourth-order valence-electron chi connectivity index (χ4n) is 0.940. The molecule has 0 aliphatic rings. The summed E-state index contributed by atoms with van der Waals surface area (Å²) in [4.78, 5) is 15.1. The molecule has 0 spiro atoms. The predicted molar refractivity (Wildman–Crippen MR) is 51.4 cm³/mol. The first-order chi connectivity index (χ1) is 6.77. The zero-order chi connectivity index (χ0) is 10.4. The van der Waals surface area contributed by atoms with Gasteiger partial charge in [0, 0.05) is 12.3 Å². The SMILES string of the molecule is CCCOc1cc(C(=O)OC)ccn1. The molecule has 0 amide bonds. The standard InChI is InChI=1S/C10H13NO3/c1-3-6-14-9-7-8(4-5-11-9)10(12)13-2/h4-5,7H,3,6H2,1-2H3. The van der Waals surface area contributed by atoms with Crippen molar-refractivity contribution < 1.29 is 14.3 Å². The maximum atomic E-state index is 11.1. The zero-order valence-corrected chi connectivity index (χ0v) is 8.32. The Morgan fingerprint density at radius 3 is 3.00 bits per heavy atom. The highest BCUT2D eigenvalue weighted by molar-refractivity contribution is 5.89. The third kappa shape index (κ3) is 2.73. The summed E-state index contributed by atoms with van der Waals surface area (Å²) in [5, 5.41) is 0. The van der Waals surface area contributed by atoms with E-state index in [-0.39, 0.29) is 5.97 Å². The number of aromatic nitrogens is 1. The Kier molecular flexibility index (Phi) is 3.91. The Hall–Kier alpha value is -1.58. The Labute approximate surface area is 82.9 Å². The number of esters is 1. The Morgan fingerprint density at radius 2 is 2.36 bits per heavy atom. The minimum Gasteiger partial charge on any atom is -0.478 e. The molecule has 0 radical (unpaired) electrons. The number of rotatable bonds is 4. The van der Waals surface area contributed by atoms with Gasteiger partial charge in [0.25, 0.3) is 0 Å². The van der Waals surface area contributed by atoms with Crippen LogP contribution in [-0.2, 0) is 4.74 Å². The van der Waals surface area contributed by atoms with Crippen LogP contribution in [0.15, 0.2) is 18.3 Å². The van der Waals surface area contributed by atoms with Gasteiger partial charge < -0.3 is 9.47 Å². The molecule has 0 aliphatic carbocycles. The van der Waals surface area contributed by atoms with E-state index in [2.05, 4.69) is 9.72 Å². The number of pyridine rings is 1. The number of hydrogen-bond donors (Lipinski definition) is 0. The van der Waals surface area contributed by atoms with Gasteiger partial charge in [0.1, 0.15) is 0 Å². The summed E-state index contributed by atoms with van der Waals surface area (Å²) >= 11 is 0. The maximum Gasteiger partial charge on any atom is 0.338 e. The van der Waals surface area contributed by atoms with E-state index in [1.807, 2.05) is 6.92 Å². The molecule has 0 atom stereocenters. The smallest absolute Gasteiger partial charge is 0.338 e.